The van der Waals surface area contributed by atoms with Gasteiger partial charge in [-0.25, -0.2) is 8.78 Å². The molecule has 13 heavy (non-hydrogen) atoms. The zero-order chi connectivity index (χ0) is 9.59. The molecule has 0 saturated carbocycles. The van der Waals surface area contributed by atoms with Crippen LogP contribution in [0.4, 0.5) is 8.78 Å². The van der Waals surface area contributed by atoms with Crippen LogP contribution in [0.5, 0.6) is 0 Å². The largest absolute Gasteiger partial charge is 0.203 e. The fourth-order valence-corrected chi connectivity index (χ4v) is 2.22. The molecule has 0 N–H and O–H groups in total. The number of aryl methyl sites for hydroxylation is 1. The summed E-state index contributed by atoms with van der Waals surface area (Å²) in [6.45, 7) is 1.48. The molecule has 0 aliphatic heterocycles. The predicted molar refractivity (Wildman–Crippen MR) is 49.8 cm³/mol. The summed E-state index contributed by atoms with van der Waals surface area (Å²) in [5.74, 6) is -1.77. The number of rotatable bonds is 0. The smallest absolute Gasteiger partial charge is 0.175 e. The van der Waals surface area contributed by atoms with E-state index in [1.807, 2.05) is 0 Å². The molecule has 1 aromatic carbocycles. The van der Waals surface area contributed by atoms with E-state index in [4.69, 9.17) is 0 Å². The molecule has 0 aliphatic rings. The van der Waals surface area contributed by atoms with Crippen molar-refractivity contribution in [1.29, 1.82) is 0 Å². The maximum Gasteiger partial charge on any atom is 0.175 e. The van der Waals surface area contributed by atoms with E-state index in [2.05, 4.69) is 24.7 Å². The quantitative estimate of drug-likeness (QED) is 0.684. The predicted octanol–water partition coefficient (Wildman–Crippen LogP) is 3.04. The van der Waals surface area contributed by atoms with Crippen LogP contribution in [0.1, 0.15) is 5.56 Å². The van der Waals surface area contributed by atoms with Crippen LogP contribution in [-0.2, 0) is 0 Å². The molecule has 2 aromatic rings. The summed E-state index contributed by atoms with van der Waals surface area (Å²) in [6.07, 6.45) is 0. The zero-order valence-electron chi connectivity index (χ0n) is 6.44. The molecule has 0 spiro atoms. The van der Waals surface area contributed by atoms with Crippen LogP contribution in [-0.4, -0.2) is 8.75 Å². The normalized spacial score (nSPS) is 11.1. The Morgan fingerprint density at radius 2 is 1.77 bits per heavy atom. The van der Waals surface area contributed by atoms with Gasteiger partial charge in [-0.2, -0.15) is 8.75 Å². The molecule has 1 heterocycles. The first-order valence-corrected chi connectivity index (χ1v) is 4.90. The molecule has 0 radical (unpaired) electrons. The minimum absolute atomic E-state index is 0.0411. The highest BCUT2D eigenvalue weighted by molar-refractivity contribution is 9.10. The third kappa shape index (κ3) is 1.16. The summed E-state index contributed by atoms with van der Waals surface area (Å²) in [5.41, 5.74) is 0.988. The highest BCUT2D eigenvalue weighted by Crippen LogP contribution is 2.30. The van der Waals surface area contributed by atoms with E-state index in [1.54, 1.807) is 0 Å². The van der Waals surface area contributed by atoms with Gasteiger partial charge in [0.15, 0.2) is 11.6 Å². The third-order valence-corrected chi connectivity index (χ3v) is 3.02. The molecule has 0 fully saturated rings. The topological polar surface area (TPSA) is 25.8 Å². The minimum Gasteiger partial charge on any atom is -0.203 e. The number of benzene rings is 1. The Kier molecular flexibility index (Phi) is 2.03. The van der Waals surface area contributed by atoms with Gasteiger partial charge < -0.3 is 0 Å². The fraction of sp³-hybridized carbons (Fsp3) is 0.143. The first-order chi connectivity index (χ1) is 6.13. The maximum atomic E-state index is 13.1. The van der Waals surface area contributed by atoms with E-state index in [0.29, 0.717) is 11.0 Å². The van der Waals surface area contributed by atoms with Crippen molar-refractivity contribution >= 4 is 38.7 Å². The van der Waals surface area contributed by atoms with Gasteiger partial charge in [0.25, 0.3) is 0 Å². The van der Waals surface area contributed by atoms with Crippen molar-refractivity contribution in [2.75, 3.05) is 0 Å². The molecule has 0 bridgehead atoms. The fourth-order valence-electron chi connectivity index (χ4n) is 1.05. The van der Waals surface area contributed by atoms with Crippen LogP contribution in [0.25, 0.3) is 11.0 Å². The van der Waals surface area contributed by atoms with Crippen molar-refractivity contribution in [3.63, 3.8) is 0 Å². The van der Waals surface area contributed by atoms with Crippen molar-refractivity contribution in [3.05, 3.63) is 21.7 Å². The van der Waals surface area contributed by atoms with Gasteiger partial charge >= 0.3 is 0 Å². The zero-order valence-corrected chi connectivity index (χ0v) is 8.84. The summed E-state index contributed by atoms with van der Waals surface area (Å²) >= 11 is 3.87. The second-order valence-corrected chi connectivity index (χ2v) is 3.85. The highest BCUT2D eigenvalue weighted by atomic mass is 79.9. The van der Waals surface area contributed by atoms with Gasteiger partial charge in [0.1, 0.15) is 11.0 Å². The maximum absolute atomic E-state index is 13.1. The lowest BCUT2D eigenvalue weighted by atomic mass is 10.2. The van der Waals surface area contributed by atoms with E-state index in [9.17, 15) is 8.78 Å². The molecule has 6 heteroatoms. The van der Waals surface area contributed by atoms with E-state index in [0.717, 1.165) is 11.7 Å². The molecular weight excluding hydrogens is 262 g/mol. The van der Waals surface area contributed by atoms with Crippen molar-refractivity contribution in [2.24, 2.45) is 0 Å². The average Bonchev–Trinajstić information content (AvgIpc) is 2.59. The standard InChI is InChI=1S/C7H3BrF2N2S/c1-2-4(9)5(10)3(8)7-6(2)11-13-12-7/h1H3. The number of nitrogens with zero attached hydrogens (tertiary/aromatic N) is 2. The van der Waals surface area contributed by atoms with Crippen molar-refractivity contribution in [3.8, 4) is 0 Å². The molecule has 0 aliphatic carbocycles. The summed E-state index contributed by atoms with van der Waals surface area (Å²) < 4.78 is 34.0. The van der Waals surface area contributed by atoms with E-state index in [-0.39, 0.29) is 10.0 Å². The average molecular weight is 265 g/mol. The summed E-state index contributed by atoms with van der Waals surface area (Å²) in [5, 5.41) is 0. The van der Waals surface area contributed by atoms with Gasteiger partial charge in [-0.15, -0.1) is 0 Å². The Balaban J connectivity index is 3.02. The van der Waals surface area contributed by atoms with Gasteiger partial charge in [-0.3, -0.25) is 0 Å². The molecule has 1 aromatic heterocycles. The number of halogens is 3. The number of fused-ring (bicyclic) bond motifs is 1. The van der Waals surface area contributed by atoms with Gasteiger partial charge in [-0.1, -0.05) is 0 Å². The Morgan fingerprint density at radius 3 is 2.46 bits per heavy atom. The van der Waals surface area contributed by atoms with Gasteiger partial charge in [-0.05, 0) is 22.9 Å². The van der Waals surface area contributed by atoms with E-state index >= 15 is 0 Å². The van der Waals surface area contributed by atoms with Crippen molar-refractivity contribution in [2.45, 2.75) is 6.92 Å². The molecule has 68 valence electrons. The second-order valence-electron chi connectivity index (χ2n) is 2.53. The molecule has 0 saturated heterocycles. The second kappa shape index (κ2) is 2.95. The SMILES string of the molecule is Cc1c(F)c(F)c(Br)c2nsnc12. The summed E-state index contributed by atoms with van der Waals surface area (Å²) in [4.78, 5) is 0. The number of hydrogen-bond donors (Lipinski definition) is 0. The van der Waals surface area contributed by atoms with Gasteiger partial charge in [0.05, 0.1) is 16.2 Å². The molecule has 0 atom stereocenters. The molecule has 2 rings (SSSR count). The van der Waals surface area contributed by atoms with E-state index < -0.39 is 11.6 Å². The summed E-state index contributed by atoms with van der Waals surface area (Å²) in [7, 11) is 0. The third-order valence-electron chi connectivity index (χ3n) is 1.77. The molecule has 0 amide bonds. The highest BCUT2D eigenvalue weighted by Gasteiger charge is 2.18. The van der Waals surface area contributed by atoms with Crippen LogP contribution >= 0.6 is 27.7 Å². The van der Waals surface area contributed by atoms with Gasteiger partial charge in [0.2, 0.25) is 0 Å². The first kappa shape index (κ1) is 8.96. The molecule has 0 unspecified atom stereocenters. The van der Waals surface area contributed by atoms with Crippen molar-refractivity contribution in [1.82, 2.24) is 8.75 Å². The number of aromatic nitrogens is 2. The minimum atomic E-state index is -0.905. The Labute approximate surface area is 85.0 Å². The first-order valence-electron chi connectivity index (χ1n) is 3.38. The monoisotopic (exact) mass is 264 g/mol. The molecular formula is C7H3BrF2N2S. The lowest BCUT2D eigenvalue weighted by Gasteiger charge is -2.00. The van der Waals surface area contributed by atoms with Crippen LogP contribution in [0, 0.1) is 18.6 Å². The van der Waals surface area contributed by atoms with Crippen LogP contribution < -0.4 is 0 Å². The van der Waals surface area contributed by atoms with Crippen LogP contribution in [0.3, 0.4) is 0 Å². The van der Waals surface area contributed by atoms with Gasteiger partial charge in [0, 0.05) is 5.56 Å². The van der Waals surface area contributed by atoms with E-state index in [1.165, 1.54) is 6.92 Å². The van der Waals surface area contributed by atoms with Crippen LogP contribution in [0.15, 0.2) is 4.47 Å². The van der Waals surface area contributed by atoms with Crippen molar-refractivity contribution < 1.29 is 8.78 Å². The lowest BCUT2D eigenvalue weighted by Crippen LogP contribution is -1.92. The lowest BCUT2D eigenvalue weighted by molar-refractivity contribution is 0.501. The van der Waals surface area contributed by atoms with Crippen LogP contribution in [0.2, 0.25) is 0 Å². The Hall–Kier alpha value is -0.620. The number of hydrogen-bond acceptors (Lipinski definition) is 3. The Morgan fingerprint density at radius 1 is 1.15 bits per heavy atom. The Bertz CT molecular complexity index is 441. The summed E-state index contributed by atoms with van der Waals surface area (Å²) in [6, 6.07) is 0. The molecule has 2 nitrogen and oxygen atoms in total.